The molecule has 0 aromatic heterocycles. The number of hydrogen-bond donors (Lipinski definition) is 2. The van der Waals surface area contributed by atoms with Gasteiger partial charge in [0.05, 0.1) is 5.56 Å². The molecule has 0 spiro atoms. The predicted octanol–water partition coefficient (Wildman–Crippen LogP) is 2.51. The zero-order valence-corrected chi connectivity index (χ0v) is 13.5. The molecule has 0 radical (unpaired) electrons. The lowest BCUT2D eigenvalue weighted by atomic mass is 9.91. The summed E-state index contributed by atoms with van der Waals surface area (Å²) in [5.74, 6) is -0.283. The molecule has 4 nitrogen and oxygen atoms in total. The number of amides is 1. The van der Waals surface area contributed by atoms with Gasteiger partial charge in [-0.2, -0.15) is 13.2 Å². The van der Waals surface area contributed by atoms with Gasteiger partial charge in [-0.15, -0.1) is 12.4 Å². The monoisotopic (exact) mass is 352 g/mol. The number of methoxy groups -OCH3 is 1. The Morgan fingerprint density at radius 3 is 2.57 bits per heavy atom. The van der Waals surface area contributed by atoms with Crippen LogP contribution in [0, 0.1) is 0 Å². The molecule has 1 heterocycles. The summed E-state index contributed by atoms with van der Waals surface area (Å²) in [4.78, 5) is 12.3. The highest BCUT2D eigenvalue weighted by molar-refractivity contribution is 5.85. The van der Waals surface area contributed by atoms with Crippen LogP contribution < -0.4 is 10.6 Å². The Kier molecular flexibility index (Phi) is 6.85. The van der Waals surface area contributed by atoms with Crippen molar-refractivity contribution in [3.05, 3.63) is 35.4 Å². The van der Waals surface area contributed by atoms with Crippen LogP contribution >= 0.6 is 12.4 Å². The minimum absolute atomic E-state index is 0. The van der Waals surface area contributed by atoms with Crippen molar-refractivity contribution >= 4 is 18.3 Å². The SMILES string of the molecule is COC1(C(=O)NCc2cccc(C(F)(F)F)c2)CCNCC1.Cl. The number of carbonyl (C=O) groups excluding carboxylic acids is 1. The number of halogens is 4. The molecule has 23 heavy (non-hydrogen) atoms. The van der Waals surface area contributed by atoms with E-state index in [0.717, 1.165) is 12.1 Å². The number of piperidine rings is 1. The van der Waals surface area contributed by atoms with Crippen LogP contribution in [0.4, 0.5) is 13.2 Å². The highest BCUT2D eigenvalue weighted by atomic mass is 35.5. The lowest BCUT2D eigenvalue weighted by Gasteiger charge is -2.34. The molecule has 1 aliphatic rings. The average Bonchev–Trinajstić information content (AvgIpc) is 2.52. The normalized spacial score (nSPS) is 17.2. The molecule has 1 saturated heterocycles. The fourth-order valence-electron chi connectivity index (χ4n) is 2.56. The van der Waals surface area contributed by atoms with Crippen molar-refractivity contribution in [2.45, 2.75) is 31.2 Å². The summed E-state index contributed by atoms with van der Waals surface area (Å²) in [6, 6.07) is 4.94. The first-order chi connectivity index (χ1) is 10.4. The van der Waals surface area contributed by atoms with E-state index in [1.54, 1.807) is 6.07 Å². The second kappa shape index (κ2) is 7.99. The third-order valence-corrected chi connectivity index (χ3v) is 3.92. The molecule has 0 bridgehead atoms. The van der Waals surface area contributed by atoms with E-state index in [2.05, 4.69) is 10.6 Å². The van der Waals surface area contributed by atoms with Gasteiger partial charge in [-0.1, -0.05) is 12.1 Å². The van der Waals surface area contributed by atoms with E-state index in [1.807, 2.05) is 0 Å². The van der Waals surface area contributed by atoms with E-state index >= 15 is 0 Å². The highest BCUT2D eigenvalue weighted by Gasteiger charge is 2.39. The van der Waals surface area contributed by atoms with Crippen molar-refractivity contribution in [1.82, 2.24) is 10.6 Å². The molecule has 2 N–H and O–H groups in total. The number of rotatable bonds is 4. The Morgan fingerprint density at radius 2 is 2.00 bits per heavy atom. The Hall–Kier alpha value is -1.31. The first-order valence-corrected chi connectivity index (χ1v) is 7.08. The molecule has 1 aromatic carbocycles. The quantitative estimate of drug-likeness (QED) is 0.875. The Balaban J connectivity index is 0.00000264. The van der Waals surface area contributed by atoms with Crippen molar-refractivity contribution in [2.24, 2.45) is 0 Å². The van der Waals surface area contributed by atoms with Crippen LogP contribution in [0.2, 0.25) is 0 Å². The van der Waals surface area contributed by atoms with Crippen molar-refractivity contribution in [1.29, 1.82) is 0 Å². The van der Waals surface area contributed by atoms with Gasteiger partial charge in [0.25, 0.3) is 5.91 Å². The first kappa shape index (κ1) is 19.7. The Labute approximate surface area is 139 Å². The van der Waals surface area contributed by atoms with Crippen LogP contribution in [0.25, 0.3) is 0 Å². The predicted molar refractivity (Wildman–Crippen MR) is 82.4 cm³/mol. The number of ether oxygens (including phenoxy) is 1. The Bertz CT molecular complexity index is 532. The minimum atomic E-state index is -4.39. The number of nitrogens with one attached hydrogen (secondary N) is 2. The summed E-state index contributed by atoms with van der Waals surface area (Å²) >= 11 is 0. The van der Waals surface area contributed by atoms with Gasteiger partial charge in [-0.3, -0.25) is 4.79 Å². The van der Waals surface area contributed by atoms with Gasteiger partial charge < -0.3 is 15.4 Å². The maximum Gasteiger partial charge on any atom is 0.416 e. The van der Waals surface area contributed by atoms with Gasteiger partial charge in [0.15, 0.2) is 0 Å². The van der Waals surface area contributed by atoms with E-state index < -0.39 is 17.3 Å². The molecule has 0 atom stereocenters. The Morgan fingerprint density at radius 1 is 1.35 bits per heavy atom. The summed E-state index contributed by atoms with van der Waals surface area (Å²) in [5, 5.41) is 5.82. The van der Waals surface area contributed by atoms with Crippen LogP contribution in [0.3, 0.4) is 0 Å². The zero-order valence-electron chi connectivity index (χ0n) is 12.7. The van der Waals surface area contributed by atoms with Gasteiger partial charge in [0, 0.05) is 13.7 Å². The molecule has 0 saturated carbocycles. The fourth-order valence-corrected chi connectivity index (χ4v) is 2.56. The molecule has 8 heteroatoms. The molecule has 1 fully saturated rings. The molecular weight excluding hydrogens is 333 g/mol. The first-order valence-electron chi connectivity index (χ1n) is 7.08. The average molecular weight is 353 g/mol. The van der Waals surface area contributed by atoms with Crippen molar-refractivity contribution < 1.29 is 22.7 Å². The molecule has 1 aromatic rings. The number of alkyl halides is 3. The van der Waals surface area contributed by atoms with E-state index in [-0.39, 0.29) is 24.9 Å². The summed E-state index contributed by atoms with van der Waals surface area (Å²) in [7, 11) is 1.48. The second-order valence-electron chi connectivity index (χ2n) is 5.33. The van der Waals surface area contributed by atoms with Gasteiger partial charge in [-0.25, -0.2) is 0 Å². The molecule has 1 amide bonds. The largest absolute Gasteiger partial charge is 0.416 e. The van der Waals surface area contributed by atoms with Crippen molar-refractivity contribution in [3.63, 3.8) is 0 Å². The van der Waals surface area contributed by atoms with Crippen LogP contribution in [-0.2, 0) is 22.3 Å². The molecule has 2 rings (SSSR count). The van der Waals surface area contributed by atoms with Crippen LogP contribution in [-0.4, -0.2) is 31.7 Å². The molecular formula is C15H20ClF3N2O2. The number of hydrogen-bond acceptors (Lipinski definition) is 3. The third-order valence-electron chi connectivity index (χ3n) is 3.92. The van der Waals surface area contributed by atoms with Crippen molar-refractivity contribution in [3.8, 4) is 0 Å². The third kappa shape index (κ3) is 4.83. The summed E-state index contributed by atoms with van der Waals surface area (Å²) in [6.45, 7) is 1.39. The lowest BCUT2D eigenvalue weighted by molar-refractivity contribution is -0.146. The zero-order chi connectivity index (χ0) is 16.2. The second-order valence-corrected chi connectivity index (χ2v) is 5.33. The van der Waals surface area contributed by atoms with Gasteiger partial charge in [0.2, 0.25) is 0 Å². The maximum absolute atomic E-state index is 12.7. The highest BCUT2D eigenvalue weighted by Crippen LogP contribution is 2.29. The smallest absolute Gasteiger partial charge is 0.368 e. The molecule has 1 aliphatic heterocycles. The topological polar surface area (TPSA) is 50.4 Å². The summed E-state index contributed by atoms with van der Waals surface area (Å²) < 4.78 is 43.4. The molecule has 0 unspecified atom stereocenters. The van der Waals surface area contributed by atoms with Gasteiger partial charge in [-0.05, 0) is 43.6 Å². The number of carbonyl (C=O) groups is 1. The van der Waals surface area contributed by atoms with E-state index in [9.17, 15) is 18.0 Å². The van der Waals surface area contributed by atoms with Crippen LogP contribution in [0.5, 0.6) is 0 Å². The van der Waals surface area contributed by atoms with Crippen LogP contribution in [0.15, 0.2) is 24.3 Å². The van der Waals surface area contributed by atoms with Crippen LogP contribution in [0.1, 0.15) is 24.0 Å². The standard InChI is InChI=1S/C15H19F3N2O2.ClH/c1-22-14(5-7-19-8-6-14)13(21)20-10-11-3-2-4-12(9-11)15(16,17)18;/h2-4,9,19H,5-8,10H2,1H3,(H,20,21);1H. The lowest BCUT2D eigenvalue weighted by Crippen LogP contribution is -2.53. The molecule has 130 valence electrons. The van der Waals surface area contributed by atoms with Gasteiger partial charge >= 0.3 is 6.18 Å². The van der Waals surface area contributed by atoms with E-state index in [1.165, 1.54) is 13.2 Å². The molecule has 0 aliphatic carbocycles. The number of benzene rings is 1. The minimum Gasteiger partial charge on any atom is -0.368 e. The van der Waals surface area contributed by atoms with Crippen molar-refractivity contribution in [2.75, 3.05) is 20.2 Å². The summed E-state index contributed by atoms with van der Waals surface area (Å²) in [6.07, 6.45) is -3.31. The maximum atomic E-state index is 12.7. The van der Waals surface area contributed by atoms with Gasteiger partial charge in [0.1, 0.15) is 5.60 Å². The van der Waals surface area contributed by atoms with E-state index in [0.29, 0.717) is 31.5 Å². The van der Waals surface area contributed by atoms with E-state index in [4.69, 9.17) is 4.74 Å². The fraction of sp³-hybridized carbons (Fsp3) is 0.533. The summed E-state index contributed by atoms with van der Waals surface area (Å²) in [5.41, 5.74) is -1.21.